The van der Waals surface area contributed by atoms with Crippen molar-refractivity contribution in [2.75, 3.05) is 5.32 Å². The first-order chi connectivity index (χ1) is 16.0. The third kappa shape index (κ3) is 4.64. The van der Waals surface area contributed by atoms with E-state index in [2.05, 4.69) is 10.3 Å². The quantitative estimate of drug-likeness (QED) is 0.355. The number of carbonyl (C=O) groups excluding carboxylic acids is 1. The summed E-state index contributed by atoms with van der Waals surface area (Å²) in [5.41, 5.74) is 1.58. The Morgan fingerprint density at radius 1 is 1.03 bits per heavy atom. The predicted octanol–water partition coefficient (Wildman–Crippen LogP) is 5.96. The normalized spacial score (nSPS) is 17.4. The smallest absolute Gasteiger partial charge is 0.418 e. The fourth-order valence-corrected chi connectivity index (χ4v) is 4.20. The van der Waals surface area contributed by atoms with E-state index < -0.39 is 41.2 Å². The summed E-state index contributed by atoms with van der Waals surface area (Å²) in [5, 5.41) is 11.5. The molecule has 1 fully saturated rings. The summed E-state index contributed by atoms with van der Waals surface area (Å²) in [5.74, 6) is -3.37. The third-order valence-corrected chi connectivity index (χ3v) is 5.95. The fourth-order valence-electron chi connectivity index (χ4n) is 4.20. The first-order valence-electron chi connectivity index (χ1n) is 10.4. The minimum atomic E-state index is -4.71. The van der Waals surface area contributed by atoms with Crippen LogP contribution < -0.4 is 5.32 Å². The number of anilines is 1. The first kappa shape index (κ1) is 23.4. The van der Waals surface area contributed by atoms with Crippen LogP contribution >= 0.6 is 0 Å². The number of nitrogens with one attached hydrogen (secondary N) is 1. The highest BCUT2D eigenvalue weighted by molar-refractivity contribution is 6.07. The van der Waals surface area contributed by atoms with Crippen molar-refractivity contribution in [3.8, 4) is 11.1 Å². The van der Waals surface area contributed by atoms with Crippen LogP contribution in [0, 0.1) is 25.7 Å². The molecule has 0 radical (unpaired) electrons. The summed E-state index contributed by atoms with van der Waals surface area (Å²) < 4.78 is 53.9. The van der Waals surface area contributed by atoms with Crippen molar-refractivity contribution in [1.82, 2.24) is 4.98 Å². The molecule has 1 aliphatic rings. The molecule has 0 spiro atoms. The molecule has 176 valence electrons. The number of alkyl halides is 3. The molecule has 2 N–H and O–H groups in total. The molecule has 2 atom stereocenters. The summed E-state index contributed by atoms with van der Waals surface area (Å²) in [6.45, 7) is 3.32. The van der Waals surface area contributed by atoms with Crippen LogP contribution in [0.3, 0.4) is 0 Å². The van der Waals surface area contributed by atoms with E-state index in [4.69, 9.17) is 5.11 Å². The van der Waals surface area contributed by atoms with E-state index in [-0.39, 0.29) is 11.5 Å². The lowest BCUT2D eigenvalue weighted by atomic mass is 9.95. The number of aliphatic carboxylic acids is 1. The van der Waals surface area contributed by atoms with E-state index in [0.29, 0.717) is 34.2 Å². The van der Waals surface area contributed by atoms with Crippen molar-refractivity contribution in [2.45, 2.75) is 32.4 Å². The molecule has 0 saturated heterocycles. The van der Waals surface area contributed by atoms with Gasteiger partial charge in [0, 0.05) is 17.3 Å². The Kier molecular flexibility index (Phi) is 5.89. The van der Waals surface area contributed by atoms with Crippen LogP contribution in [0.2, 0.25) is 0 Å². The number of aryl methyl sites for hydroxylation is 2. The van der Waals surface area contributed by atoms with E-state index in [1.54, 1.807) is 32.0 Å². The summed E-state index contributed by atoms with van der Waals surface area (Å²) >= 11 is 0. The maximum Gasteiger partial charge on any atom is 0.418 e. The lowest BCUT2D eigenvalue weighted by Crippen LogP contribution is -2.19. The van der Waals surface area contributed by atoms with Crippen LogP contribution in [-0.2, 0) is 11.0 Å². The van der Waals surface area contributed by atoms with Crippen molar-refractivity contribution in [2.24, 2.45) is 5.92 Å². The number of benzene rings is 2. The van der Waals surface area contributed by atoms with Crippen molar-refractivity contribution >= 4 is 17.6 Å². The largest absolute Gasteiger partial charge is 0.481 e. The summed E-state index contributed by atoms with van der Waals surface area (Å²) in [6.07, 6.45) is -3.01. The zero-order chi connectivity index (χ0) is 24.8. The van der Waals surface area contributed by atoms with Gasteiger partial charge in [-0.15, -0.1) is 0 Å². The van der Waals surface area contributed by atoms with E-state index in [1.807, 2.05) is 0 Å². The van der Waals surface area contributed by atoms with Gasteiger partial charge in [-0.2, -0.15) is 17.6 Å². The summed E-state index contributed by atoms with van der Waals surface area (Å²) in [4.78, 5) is 27.8. The number of halogens is 4. The first-order valence-corrected chi connectivity index (χ1v) is 10.4. The molecule has 0 unspecified atom stereocenters. The minimum Gasteiger partial charge on any atom is -0.481 e. The van der Waals surface area contributed by atoms with Gasteiger partial charge in [-0.1, -0.05) is 18.2 Å². The van der Waals surface area contributed by atoms with E-state index in [1.165, 1.54) is 24.4 Å². The van der Waals surface area contributed by atoms with E-state index in [0.717, 1.165) is 6.07 Å². The van der Waals surface area contributed by atoms with Gasteiger partial charge < -0.3 is 10.4 Å². The maximum atomic E-state index is 13.6. The molecule has 5 nitrogen and oxygen atoms in total. The molecule has 4 rings (SSSR count). The molecule has 3 aromatic rings. The van der Waals surface area contributed by atoms with Crippen LogP contribution in [0.5, 0.6) is 0 Å². The number of carboxylic acid groups (broad SMARTS) is 1. The van der Waals surface area contributed by atoms with Gasteiger partial charge >= 0.3 is 12.1 Å². The number of hydrogen-bond acceptors (Lipinski definition) is 3. The lowest BCUT2D eigenvalue weighted by Gasteiger charge is -2.17. The zero-order valence-electron chi connectivity index (χ0n) is 18.2. The van der Waals surface area contributed by atoms with Crippen molar-refractivity contribution < 1.29 is 32.3 Å². The number of carbonyl (C=O) groups is 2. The second-order valence-electron chi connectivity index (χ2n) is 8.40. The molecule has 1 saturated carbocycles. The highest BCUT2D eigenvalue weighted by atomic mass is 19.4. The number of amides is 1. The molecule has 1 aliphatic carbocycles. The number of hydrogen-bond donors (Lipinski definition) is 2. The topological polar surface area (TPSA) is 79.3 Å². The summed E-state index contributed by atoms with van der Waals surface area (Å²) in [7, 11) is 0. The van der Waals surface area contributed by atoms with Gasteiger partial charge in [0.15, 0.2) is 0 Å². The molecule has 1 aromatic heterocycles. The molecule has 0 aliphatic heterocycles. The number of carboxylic acids is 1. The van der Waals surface area contributed by atoms with Crippen molar-refractivity contribution in [1.29, 1.82) is 0 Å². The average Bonchev–Trinajstić information content (AvgIpc) is 3.54. The Bertz CT molecular complexity index is 1260. The standard InChI is InChI=1S/C25H20F4N2O3/c1-12-7-16(15-4-6-21(26)30-11-15)8-13(2)22(12)23(32)31-20-9-14(17-10-18(17)24(33)34)3-5-19(20)25(27,28)29/h3-9,11,17-18H,10H2,1-2H3,(H,31,32)(H,33,34)/t17-,18-/m1/s1. The predicted molar refractivity (Wildman–Crippen MR) is 117 cm³/mol. The Hall–Kier alpha value is -3.75. The Morgan fingerprint density at radius 2 is 1.71 bits per heavy atom. The van der Waals surface area contributed by atoms with Gasteiger partial charge in [0.05, 0.1) is 17.2 Å². The Morgan fingerprint density at radius 3 is 2.24 bits per heavy atom. The lowest BCUT2D eigenvalue weighted by molar-refractivity contribution is -0.139. The average molecular weight is 472 g/mol. The third-order valence-electron chi connectivity index (χ3n) is 5.95. The van der Waals surface area contributed by atoms with E-state index >= 15 is 0 Å². The molecule has 0 bridgehead atoms. The van der Waals surface area contributed by atoms with Gasteiger partial charge in [0.2, 0.25) is 5.95 Å². The molecule has 1 amide bonds. The SMILES string of the molecule is Cc1cc(-c2ccc(F)nc2)cc(C)c1C(=O)Nc1cc([C@H]2C[C@H]2C(=O)O)ccc1C(F)(F)F. The van der Waals surface area contributed by atoms with Gasteiger partial charge in [0.25, 0.3) is 5.91 Å². The maximum absolute atomic E-state index is 13.6. The van der Waals surface area contributed by atoms with Crippen LogP contribution in [-0.4, -0.2) is 22.0 Å². The van der Waals surface area contributed by atoms with Gasteiger partial charge in [-0.25, -0.2) is 4.98 Å². The number of nitrogens with zero attached hydrogens (tertiary/aromatic N) is 1. The molecule has 2 aromatic carbocycles. The highest BCUT2D eigenvalue weighted by Gasteiger charge is 2.45. The fraction of sp³-hybridized carbons (Fsp3) is 0.240. The molecule has 34 heavy (non-hydrogen) atoms. The number of aromatic nitrogens is 1. The van der Waals surface area contributed by atoms with Crippen LogP contribution in [0.15, 0.2) is 48.7 Å². The van der Waals surface area contributed by atoms with E-state index in [9.17, 15) is 27.2 Å². The Labute approximate surface area is 192 Å². The van der Waals surface area contributed by atoms with Gasteiger partial charge in [0.1, 0.15) is 0 Å². The summed E-state index contributed by atoms with van der Waals surface area (Å²) in [6, 6.07) is 9.44. The second kappa shape index (κ2) is 8.55. The molecular formula is C25H20F4N2O3. The highest BCUT2D eigenvalue weighted by Crippen LogP contribution is 2.49. The van der Waals surface area contributed by atoms with Crippen molar-refractivity contribution in [3.05, 3.63) is 82.4 Å². The van der Waals surface area contributed by atoms with Gasteiger partial charge in [-0.05, 0) is 72.7 Å². The van der Waals surface area contributed by atoms with Crippen LogP contribution in [0.4, 0.5) is 23.2 Å². The number of pyridine rings is 1. The second-order valence-corrected chi connectivity index (χ2v) is 8.40. The molecule has 9 heteroatoms. The van der Waals surface area contributed by atoms with Crippen LogP contribution in [0.25, 0.3) is 11.1 Å². The minimum absolute atomic E-state index is 0.215. The number of rotatable bonds is 5. The van der Waals surface area contributed by atoms with Crippen molar-refractivity contribution in [3.63, 3.8) is 0 Å². The molecule has 1 heterocycles. The van der Waals surface area contributed by atoms with Crippen LogP contribution in [0.1, 0.15) is 45.0 Å². The monoisotopic (exact) mass is 472 g/mol. The Balaban J connectivity index is 1.66. The zero-order valence-corrected chi connectivity index (χ0v) is 18.2. The van der Waals surface area contributed by atoms with Gasteiger partial charge in [-0.3, -0.25) is 9.59 Å². The molecular weight excluding hydrogens is 452 g/mol.